The smallest absolute Gasteiger partial charge is 0.251 e. The molecule has 0 fully saturated rings. The third kappa shape index (κ3) is 7.16. The molecular formula is C23H30IN5O2. The van der Waals surface area contributed by atoms with Gasteiger partial charge in [0.15, 0.2) is 5.96 Å². The lowest BCUT2D eigenvalue weighted by molar-refractivity contribution is 0.0954. The molecule has 0 radical (unpaired) electrons. The summed E-state index contributed by atoms with van der Waals surface area (Å²) < 4.78 is 5.16. The molecule has 166 valence electrons. The van der Waals surface area contributed by atoms with Crippen LogP contribution < -0.4 is 20.7 Å². The highest BCUT2D eigenvalue weighted by Gasteiger charge is 2.06. The highest BCUT2D eigenvalue weighted by atomic mass is 127. The summed E-state index contributed by atoms with van der Waals surface area (Å²) in [7, 11) is 1.58. The van der Waals surface area contributed by atoms with Crippen LogP contribution in [0.2, 0.25) is 0 Å². The number of aromatic nitrogens is 1. The Labute approximate surface area is 200 Å². The van der Waals surface area contributed by atoms with Crippen molar-refractivity contribution in [2.75, 3.05) is 33.3 Å². The average molecular weight is 535 g/mol. The molecule has 0 saturated carbocycles. The summed E-state index contributed by atoms with van der Waals surface area (Å²) in [6.45, 7) is 4.54. The largest absolute Gasteiger partial charge is 0.497 e. The van der Waals surface area contributed by atoms with Crippen molar-refractivity contribution in [1.29, 1.82) is 0 Å². The molecule has 0 spiro atoms. The Bertz CT molecular complexity index is 1000. The normalized spacial score (nSPS) is 11.0. The Morgan fingerprint density at radius 2 is 1.87 bits per heavy atom. The van der Waals surface area contributed by atoms with Crippen molar-refractivity contribution >= 4 is 46.7 Å². The Kier molecular flexibility index (Phi) is 10.2. The SMILES string of the molecule is CCNC(=NCCc1c[nH]c2ccccc12)NCCNC(=O)c1cccc(OC)c1.I. The van der Waals surface area contributed by atoms with Crippen LogP contribution in [0, 0.1) is 0 Å². The number of fused-ring (bicyclic) bond motifs is 1. The number of para-hydroxylation sites is 1. The second-order valence-corrected chi connectivity index (χ2v) is 6.78. The first kappa shape index (κ1) is 24.5. The maximum Gasteiger partial charge on any atom is 0.251 e. The van der Waals surface area contributed by atoms with Gasteiger partial charge in [0.05, 0.1) is 7.11 Å². The molecule has 0 bridgehead atoms. The molecule has 4 N–H and O–H groups in total. The molecule has 0 aliphatic rings. The molecule has 0 aliphatic carbocycles. The molecule has 8 heteroatoms. The first-order valence-electron chi connectivity index (χ1n) is 10.2. The van der Waals surface area contributed by atoms with E-state index in [4.69, 9.17) is 4.74 Å². The van der Waals surface area contributed by atoms with E-state index in [9.17, 15) is 4.79 Å². The maximum absolute atomic E-state index is 12.3. The van der Waals surface area contributed by atoms with Crippen molar-refractivity contribution in [3.63, 3.8) is 0 Å². The second kappa shape index (κ2) is 12.8. The van der Waals surface area contributed by atoms with Crippen LogP contribution in [-0.2, 0) is 6.42 Å². The molecule has 3 aromatic rings. The molecule has 0 saturated heterocycles. The van der Waals surface area contributed by atoms with Gasteiger partial charge in [-0.1, -0.05) is 24.3 Å². The van der Waals surface area contributed by atoms with E-state index in [0.29, 0.717) is 30.9 Å². The fourth-order valence-electron chi connectivity index (χ4n) is 3.19. The van der Waals surface area contributed by atoms with Gasteiger partial charge >= 0.3 is 0 Å². The topological polar surface area (TPSA) is 90.5 Å². The van der Waals surface area contributed by atoms with E-state index in [1.165, 1.54) is 10.9 Å². The van der Waals surface area contributed by atoms with E-state index < -0.39 is 0 Å². The number of amides is 1. The predicted molar refractivity (Wildman–Crippen MR) is 137 cm³/mol. The van der Waals surface area contributed by atoms with Crippen molar-refractivity contribution in [1.82, 2.24) is 20.9 Å². The number of guanidine groups is 1. The van der Waals surface area contributed by atoms with Gasteiger partial charge in [-0.3, -0.25) is 9.79 Å². The first-order valence-corrected chi connectivity index (χ1v) is 10.2. The van der Waals surface area contributed by atoms with Gasteiger partial charge < -0.3 is 25.7 Å². The van der Waals surface area contributed by atoms with E-state index >= 15 is 0 Å². The highest BCUT2D eigenvalue weighted by Crippen LogP contribution is 2.18. The molecule has 0 atom stereocenters. The third-order valence-electron chi connectivity index (χ3n) is 4.71. The van der Waals surface area contributed by atoms with Gasteiger partial charge in [0.2, 0.25) is 0 Å². The number of methoxy groups -OCH3 is 1. The number of H-pyrrole nitrogens is 1. The maximum atomic E-state index is 12.3. The van der Waals surface area contributed by atoms with Gasteiger partial charge in [0.25, 0.3) is 5.91 Å². The van der Waals surface area contributed by atoms with Crippen LogP contribution >= 0.6 is 24.0 Å². The fourth-order valence-corrected chi connectivity index (χ4v) is 3.19. The Morgan fingerprint density at radius 1 is 1.06 bits per heavy atom. The number of hydrogen-bond acceptors (Lipinski definition) is 3. The molecule has 1 amide bonds. The number of aliphatic imine (C=N–C) groups is 1. The zero-order chi connectivity index (χ0) is 21.2. The lowest BCUT2D eigenvalue weighted by Crippen LogP contribution is -2.41. The number of benzene rings is 2. The van der Waals surface area contributed by atoms with Gasteiger partial charge in [-0.2, -0.15) is 0 Å². The summed E-state index contributed by atoms with van der Waals surface area (Å²) in [4.78, 5) is 20.2. The molecule has 7 nitrogen and oxygen atoms in total. The van der Waals surface area contributed by atoms with Gasteiger partial charge in [-0.25, -0.2) is 0 Å². The number of aromatic amines is 1. The van der Waals surface area contributed by atoms with Crippen LogP contribution in [0.3, 0.4) is 0 Å². The van der Waals surface area contributed by atoms with E-state index in [-0.39, 0.29) is 29.9 Å². The first-order chi connectivity index (χ1) is 14.7. The molecule has 1 aromatic heterocycles. The zero-order valence-corrected chi connectivity index (χ0v) is 20.2. The number of nitrogens with zero attached hydrogens (tertiary/aromatic N) is 1. The Hall–Kier alpha value is -2.75. The van der Waals surface area contributed by atoms with Crippen LogP contribution in [0.1, 0.15) is 22.8 Å². The quantitative estimate of drug-likeness (QED) is 0.147. The molecule has 31 heavy (non-hydrogen) atoms. The number of carbonyl (C=O) groups is 1. The summed E-state index contributed by atoms with van der Waals surface area (Å²) in [5, 5.41) is 10.6. The lowest BCUT2D eigenvalue weighted by Gasteiger charge is -2.12. The minimum atomic E-state index is -0.128. The van der Waals surface area contributed by atoms with Crippen LogP contribution in [0.15, 0.2) is 59.7 Å². The molecular weight excluding hydrogens is 505 g/mol. The molecule has 3 rings (SSSR count). The minimum absolute atomic E-state index is 0. The Morgan fingerprint density at radius 3 is 2.68 bits per heavy atom. The van der Waals surface area contributed by atoms with Crippen LogP contribution in [0.4, 0.5) is 0 Å². The number of hydrogen-bond donors (Lipinski definition) is 4. The molecule has 0 aliphatic heterocycles. The number of rotatable bonds is 9. The van der Waals surface area contributed by atoms with E-state index in [1.54, 1.807) is 25.3 Å². The highest BCUT2D eigenvalue weighted by molar-refractivity contribution is 14.0. The van der Waals surface area contributed by atoms with E-state index in [2.05, 4.69) is 44.3 Å². The number of carbonyl (C=O) groups excluding carboxylic acids is 1. The van der Waals surface area contributed by atoms with Crippen LogP contribution in [-0.4, -0.2) is 50.1 Å². The summed E-state index contributed by atoms with van der Waals surface area (Å²) in [5.41, 5.74) is 2.98. The van der Waals surface area contributed by atoms with Crippen molar-refractivity contribution in [3.05, 3.63) is 65.9 Å². The second-order valence-electron chi connectivity index (χ2n) is 6.78. The molecule has 2 aromatic carbocycles. The standard InChI is InChI=1S/C23H29N5O2.HI/c1-3-24-23(26-12-11-18-16-28-21-10-5-4-9-20(18)21)27-14-13-25-22(29)17-7-6-8-19(15-17)30-2;/h4-10,15-16,28H,3,11-14H2,1-2H3,(H,25,29)(H2,24,26,27);1H. The van der Waals surface area contributed by atoms with Crippen molar-refractivity contribution in [3.8, 4) is 5.75 Å². The summed E-state index contributed by atoms with van der Waals surface area (Å²) in [5.74, 6) is 1.28. The Balaban J connectivity index is 0.00000341. The van der Waals surface area contributed by atoms with Gasteiger partial charge in [-0.05, 0) is 43.2 Å². The summed E-state index contributed by atoms with van der Waals surface area (Å²) in [6, 6.07) is 15.4. The van der Waals surface area contributed by atoms with Crippen LogP contribution in [0.5, 0.6) is 5.75 Å². The van der Waals surface area contributed by atoms with Crippen molar-refractivity contribution < 1.29 is 9.53 Å². The summed E-state index contributed by atoms with van der Waals surface area (Å²) in [6.07, 6.45) is 2.90. The van der Waals surface area contributed by atoms with E-state index in [1.807, 2.05) is 25.1 Å². The third-order valence-corrected chi connectivity index (χ3v) is 4.71. The van der Waals surface area contributed by atoms with Gasteiger partial charge in [0.1, 0.15) is 5.75 Å². The average Bonchev–Trinajstić information content (AvgIpc) is 3.19. The monoisotopic (exact) mass is 535 g/mol. The lowest BCUT2D eigenvalue weighted by atomic mass is 10.1. The number of halogens is 1. The number of nitrogens with one attached hydrogen (secondary N) is 4. The van der Waals surface area contributed by atoms with E-state index in [0.717, 1.165) is 24.4 Å². The van der Waals surface area contributed by atoms with Crippen LogP contribution in [0.25, 0.3) is 10.9 Å². The fraction of sp³-hybridized carbons (Fsp3) is 0.304. The zero-order valence-electron chi connectivity index (χ0n) is 17.9. The molecule has 1 heterocycles. The van der Waals surface area contributed by atoms with Gasteiger partial charge in [0, 0.05) is 48.8 Å². The summed E-state index contributed by atoms with van der Waals surface area (Å²) >= 11 is 0. The van der Waals surface area contributed by atoms with Gasteiger partial charge in [-0.15, -0.1) is 24.0 Å². The van der Waals surface area contributed by atoms with Crippen molar-refractivity contribution in [2.24, 2.45) is 4.99 Å². The number of ether oxygens (including phenoxy) is 1. The van der Waals surface area contributed by atoms with Crippen molar-refractivity contribution in [2.45, 2.75) is 13.3 Å². The predicted octanol–water partition coefficient (Wildman–Crippen LogP) is 3.32. The molecule has 0 unspecified atom stereocenters. The minimum Gasteiger partial charge on any atom is -0.497 e.